The van der Waals surface area contributed by atoms with E-state index in [4.69, 9.17) is 5.73 Å². The highest BCUT2D eigenvalue weighted by Gasteiger charge is 2.26. The van der Waals surface area contributed by atoms with Crippen molar-refractivity contribution in [2.45, 2.75) is 50.2 Å². The van der Waals surface area contributed by atoms with Crippen molar-refractivity contribution < 1.29 is 9.59 Å². The summed E-state index contributed by atoms with van der Waals surface area (Å²) < 4.78 is 0. The largest absolute Gasteiger partial charge is 0.369 e. The SMILES string of the molecule is NC(=O)C1CCN(C(=O)CSC2CCCCC2)CC1. The summed E-state index contributed by atoms with van der Waals surface area (Å²) in [7, 11) is 0. The first kappa shape index (κ1) is 14.7. The maximum absolute atomic E-state index is 12.1. The third-order valence-corrected chi connectivity index (χ3v) is 5.60. The van der Waals surface area contributed by atoms with Crippen LogP contribution in [0.2, 0.25) is 0 Å². The average molecular weight is 284 g/mol. The van der Waals surface area contributed by atoms with Crippen LogP contribution in [-0.4, -0.2) is 40.8 Å². The standard InChI is InChI=1S/C14H24N2O2S/c15-14(18)11-6-8-16(9-7-11)13(17)10-19-12-4-2-1-3-5-12/h11-12H,1-10H2,(H2,15,18). The van der Waals surface area contributed by atoms with Gasteiger partial charge < -0.3 is 10.6 Å². The molecule has 1 heterocycles. The van der Waals surface area contributed by atoms with E-state index in [1.165, 1.54) is 32.1 Å². The number of hydrogen-bond donors (Lipinski definition) is 1. The van der Waals surface area contributed by atoms with Crippen molar-refractivity contribution in [1.29, 1.82) is 0 Å². The number of carbonyl (C=O) groups excluding carboxylic acids is 2. The predicted octanol–water partition coefficient (Wildman–Crippen LogP) is 1.78. The number of amides is 2. The molecule has 0 aromatic rings. The Morgan fingerprint density at radius 1 is 1.05 bits per heavy atom. The van der Waals surface area contributed by atoms with Crippen molar-refractivity contribution in [3.05, 3.63) is 0 Å². The highest BCUT2D eigenvalue weighted by atomic mass is 32.2. The van der Waals surface area contributed by atoms with Gasteiger partial charge in [-0.1, -0.05) is 19.3 Å². The smallest absolute Gasteiger partial charge is 0.232 e. The highest BCUT2D eigenvalue weighted by molar-refractivity contribution is 8.00. The van der Waals surface area contributed by atoms with Crippen LogP contribution in [0.15, 0.2) is 0 Å². The van der Waals surface area contributed by atoms with Gasteiger partial charge in [-0.15, -0.1) is 11.8 Å². The van der Waals surface area contributed by atoms with Gasteiger partial charge in [0.2, 0.25) is 11.8 Å². The average Bonchev–Trinajstić information content (AvgIpc) is 2.46. The molecule has 1 aliphatic carbocycles. The molecule has 2 fully saturated rings. The van der Waals surface area contributed by atoms with Crippen LogP contribution >= 0.6 is 11.8 Å². The molecule has 0 atom stereocenters. The normalized spacial score (nSPS) is 22.4. The molecule has 1 saturated heterocycles. The molecule has 19 heavy (non-hydrogen) atoms. The number of likely N-dealkylation sites (tertiary alicyclic amines) is 1. The molecule has 1 saturated carbocycles. The van der Waals surface area contributed by atoms with Crippen LogP contribution in [-0.2, 0) is 9.59 Å². The van der Waals surface area contributed by atoms with Gasteiger partial charge in [-0.25, -0.2) is 0 Å². The van der Waals surface area contributed by atoms with E-state index >= 15 is 0 Å². The lowest BCUT2D eigenvalue weighted by Gasteiger charge is -2.31. The van der Waals surface area contributed by atoms with Crippen molar-refractivity contribution >= 4 is 23.6 Å². The molecular formula is C14H24N2O2S. The zero-order valence-corrected chi connectivity index (χ0v) is 12.3. The molecule has 0 unspecified atom stereocenters. The summed E-state index contributed by atoms with van der Waals surface area (Å²) in [5.74, 6) is 0.587. The van der Waals surface area contributed by atoms with E-state index in [0.29, 0.717) is 24.1 Å². The quantitative estimate of drug-likeness (QED) is 0.856. The van der Waals surface area contributed by atoms with Gasteiger partial charge in [-0.3, -0.25) is 9.59 Å². The molecule has 2 rings (SSSR count). The molecule has 108 valence electrons. The fourth-order valence-electron chi connectivity index (χ4n) is 2.93. The third kappa shape index (κ3) is 4.41. The fourth-order valence-corrected chi connectivity index (χ4v) is 4.15. The van der Waals surface area contributed by atoms with Gasteiger partial charge in [0.25, 0.3) is 0 Å². The van der Waals surface area contributed by atoms with Crippen molar-refractivity contribution in [1.82, 2.24) is 4.90 Å². The number of nitrogens with zero attached hydrogens (tertiary/aromatic N) is 1. The molecule has 0 spiro atoms. The molecule has 0 bridgehead atoms. The van der Waals surface area contributed by atoms with E-state index < -0.39 is 0 Å². The van der Waals surface area contributed by atoms with Crippen LogP contribution in [0.3, 0.4) is 0 Å². The third-order valence-electron chi connectivity index (χ3n) is 4.24. The van der Waals surface area contributed by atoms with E-state index in [-0.39, 0.29) is 17.7 Å². The summed E-state index contributed by atoms with van der Waals surface area (Å²) in [6.07, 6.45) is 7.98. The number of thioether (sulfide) groups is 1. The molecule has 0 aromatic heterocycles. The van der Waals surface area contributed by atoms with Gasteiger partial charge in [0, 0.05) is 24.3 Å². The number of hydrogen-bond acceptors (Lipinski definition) is 3. The van der Waals surface area contributed by atoms with Crippen molar-refractivity contribution in [3.63, 3.8) is 0 Å². The van der Waals surface area contributed by atoms with Gasteiger partial charge in [0.05, 0.1) is 5.75 Å². The van der Waals surface area contributed by atoms with Crippen molar-refractivity contribution in [3.8, 4) is 0 Å². The van der Waals surface area contributed by atoms with Crippen LogP contribution in [0.4, 0.5) is 0 Å². The lowest BCUT2D eigenvalue weighted by molar-refractivity contribution is -0.132. The Morgan fingerprint density at radius 2 is 1.68 bits per heavy atom. The summed E-state index contributed by atoms with van der Waals surface area (Å²) in [5, 5.41) is 0.681. The van der Waals surface area contributed by atoms with Gasteiger partial charge in [0.15, 0.2) is 0 Å². The summed E-state index contributed by atoms with van der Waals surface area (Å²) >= 11 is 1.82. The van der Waals surface area contributed by atoms with Crippen LogP contribution in [0.1, 0.15) is 44.9 Å². The van der Waals surface area contributed by atoms with Gasteiger partial charge in [-0.2, -0.15) is 0 Å². The Kier molecular flexibility index (Phi) is 5.55. The van der Waals surface area contributed by atoms with E-state index in [1.807, 2.05) is 16.7 Å². The van der Waals surface area contributed by atoms with Gasteiger partial charge in [-0.05, 0) is 25.7 Å². The fraction of sp³-hybridized carbons (Fsp3) is 0.857. The van der Waals surface area contributed by atoms with Crippen LogP contribution in [0, 0.1) is 5.92 Å². The number of carbonyl (C=O) groups is 2. The van der Waals surface area contributed by atoms with Crippen LogP contribution < -0.4 is 5.73 Å². The maximum Gasteiger partial charge on any atom is 0.232 e. The summed E-state index contributed by atoms with van der Waals surface area (Å²) in [6, 6.07) is 0. The molecule has 4 nitrogen and oxygen atoms in total. The summed E-state index contributed by atoms with van der Waals surface area (Å²) in [5.41, 5.74) is 5.30. The topological polar surface area (TPSA) is 63.4 Å². The molecular weight excluding hydrogens is 260 g/mol. The minimum Gasteiger partial charge on any atom is -0.369 e. The highest BCUT2D eigenvalue weighted by Crippen LogP contribution is 2.28. The van der Waals surface area contributed by atoms with Crippen LogP contribution in [0.5, 0.6) is 0 Å². The number of primary amides is 1. The molecule has 2 amide bonds. The number of piperidine rings is 1. The van der Waals surface area contributed by atoms with E-state index in [2.05, 4.69) is 0 Å². The second-order valence-corrected chi connectivity index (χ2v) is 6.92. The Bertz CT molecular complexity index is 321. The van der Waals surface area contributed by atoms with E-state index in [1.54, 1.807) is 0 Å². The molecule has 1 aliphatic heterocycles. The molecule has 2 N–H and O–H groups in total. The molecule has 5 heteroatoms. The Hall–Kier alpha value is -0.710. The van der Waals surface area contributed by atoms with E-state index in [9.17, 15) is 9.59 Å². The monoisotopic (exact) mass is 284 g/mol. The van der Waals surface area contributed by atoms with Gasteiger partial charge >= 0.3 is 0 Å². The Morgan fingerprint density at radius 3 is 2.26 bits per heavy atom. The first-order valence-corrected chi connectivity index (χ1v) is 8.40. The summed E-state index contributed by atoms with van der Waals surface area (Å²) in [4.78, 5) is 25.1. The number of rotatable bonds is 4. The second kappa shape index (κ2) is 7.17. The van der Waals surface area contributed by atoms with Crippen molar-refractivity contribution in [2.24, 2.45) is 11.7 Å². The van der Waals surface area contributed by atoms with Crippen LogP contribution in [0.25, 0.3) is 0 Å². The molecule has 0 radical (unpaired) electrons. The van der Waals surface area contributed by atoms with E-state index in [0.717, 1.165) is 12.8 Å². The molecule has 0 aromatic carbocycles. The predicted molar refractivity (Wildman–Crippen MR) is 77.8 cm³/mol. The molecule has 2 aliphatic rings. The Labute approximate surface area is 119 Å². The van der Waals surface area contributed by atoms with Gasteiger partial charge in [0.1, 0.15) is 0 Å². The minimum atomic E-state index is -0.219. The first-order chi connectivity index (χ1) is 9.16. The van der Waals surface area contributed by atoms with Crippen molar-refractivity contribution in [2.75, 3.05) is 18.8 Å². The second-order valence-electron chi connectivity index (χ2n) is 5.63. The first-order valence-electron chi connectivity index (χ1n) is 7.35. The summed E-state index contributed by atoms with van der Waals surface area (Å²) in [6.45, 7) is 1.38. The lowest BCUT2D eigenvalue weighted by Crippen LogP contribution is -2.42. The number of nitrogens with two attached hydrogens (primary N) is 1. The minimum absolute atomic E-state index is 0.0324. The maximum atomic E-state index is 12.1. The zero-order chi connectivity index (χ0) is 13.7. The Balaban J connectivity index is 1.67. The zero-order valence-electron chi connectivity index (χ0n) is 11.5. The lowest BCUT2D eigenvalue weighted by atomic mass is 9.96.